The third-order valence-electron chi connectivity index (χ3n) is 4.04. The smallest absolute Gasteiger partial charge is 0.310 e. The first-order valence-electron chi connectivity index (χ1n) is 9.30. The van der Waals surface area contributed by atoms with Crippen LogP contribution in [0.25, 0.3) is 10.1 Å². The lowest BCUT2D eigenvalue weighted by molar-refractivity contribution is -0.134. The number of carbonyl (C=O) groups excluding carboxylic acids is 2. The number of benzene rings is 2. The molecule has 7 heteroatoms. The van der Waals surface area contributed by atoms with Crippen LogP contribution in [0, 0.1) is 0 Å². The summed E-state index contributed by atoms with van der Waals surface area (Å²) >= 11 is 1.37. The molecule has 3 rings (SSSR count). The Morgan fingerprint density at radius 2 is 1.76 bits per heavy atom. The van der Waals surface area contributed by atoms with Crippen molar-refractivity contribution >= 4 is 39.0 Å². The van der Waals surface area contributed by atoms with Crippen LogP contribution in [-0.2, 0) is 4.79 Å². The summed E-state index contributed by atoms with van der Waals surface area (Å²) in [6, 6.07) is 12.3. The van der Waals surface area contributed by atoms with Gasteiger partial charge in [0, 0.05) is 22.2 Å². The van der Waals surface area contributed by atoms with E-state index < -0.39 is 0 Å². The summed E-state index contributed by atoms with van der Waals surface area (Å²) in [5.74, 6) is 1.11. The molecule has 0 aliphatic heterocycles. The fourth-order valence-electron chi connectivity index (χ4n) is 2.68. The van der Waals surface area contributed by atoms with Gasteiger partial charge < -0.3 is 19.5 Å². The molecule has 0 radical (unpaired) electrons. The number of nitrogens with one attached hydrogen (secondary N) is 1. The molecule has 0 saturated heterocycles. The molecule has 0 aliphatic carbocycles. The van der Waals surface area contributed by atoms with Crippen molar-refractivity contribution in [2.75, 3.05) is 12.4 Å². The summed E-state index contributed by atoms with van der Waals surface area (Å²) in [7, 11) is 1.60. The molecule has 0 spiro atoms. The number of methoxy groups -OCH3 is 1. The summed E-state index contributed by atoms with van der Waals surface area (Å²) in [6.45, 7) is 5.57. The van der Waals surface area contributed by atoms with E-state index in [4.69, 9.17) is 14.2 Å². The molecule has 152 valence electrons. The fraction of sp³-hybridized carbons (Fsp3) is 0.273. The molecule has 3 aromatic rings. The molecule has 0 bridgehead atoms. The molecule has 29 heavy (non-hydrogen) atoms. The Morgan fingerprint density at radius 1 is 1.07 bits per heavy atom. The maximum Gasteiger partial charge on any atom is 0.310 e. The number of hydrogen-bond donors (Lipinski definition) is 1. The van der Waals surface area contributed by atoms with Crippen LogP contribution >= 0.6 is 11.3 Å². The summed E-state index contributed by atoms with van der Waals surface area (Å²) in [4.78, 5) is 24.8. The number of rotatable bonds is 7. The molecule has 1 N–H and O–H groups in total. The Morgan fingerprint density at radius 3 is 2.38 bits per heavy atom. The molecule has 0 fully saturated rings. The van der Waals surface area contributed by atoms with Gasteiger partial charge in [-0.15, -0.1) is 11.3 Å². The van der Waals surface area contributed by atoms with E-state index in [1.54, 1.807) is 38.3 Å². The zero-order chi connectivity index (χ0) is 21.0. The molecule has 0 aliphatic rings. The highest BCUT2D eigenvalue weighted by molar-refractivity contribution is 7.21. The number of esters is 1. The third-order valence-corrected chi connectivity index (χ3v) is 5.19. The van der Waals surface area contributed by atoms with E-state index in [9.17, 15) is 9.59 Å². The van der Waals surface area contributed by atoms with E-state index in [0.29, 0.717) is 34.2 Å². The highest BCUT2D eigenvalue weighted by atomic mass is 32.1. The van der Waals surface area contributed by atoms with Gasteiger partial charge in [0.15, 0.2) is 5.75 Å². The molecule has 0 unspecified atom stereocenters. The Kier molecular flexibility index (Phi) is 6.39. The van der Waals surface area contributed by atoms with Crippen LogP contribution < -0.4 is 19.5 Å². The van der Waals surface area contributed by atoms with Gasteiger partial charge in [0.25, 0.3) is 5.91 Å². The lowest BCUT2D eigenvalue weighted by Crippen LogP contribution is -2.14. The predicted octanol–water partition coefficient (Wildman–Crippen LogP) is 5.26. The van der Waals surface area contributed by atoms with Gasteiger partial charge in [0.2, 0.25) is 0 Å². The monoisotopic (exact) mass is 413 g/mol. The number of amides is 1. The van der Waals surface area contributed by atoms with Crippen LogP contribution in [0.1, 0.15) is 36.9 Å². The van der Waals surface area contributed by atoms with Crippen molar-refractivity contribution in [1.29, 1.82) is 0 Å². The number of anilines is 1. The second-order valence-electron chi connectivity index (χ2n) is 6.60. The predicted molar refractivity (Wildman–Crippen MR) is 114 cm³/mol. The zero-order valence-corrected chi connectivity index (χ0v) is 17.6. The summed E-state index contributed by atoms with van der Waals surface area (Å²) in [5, 5.41) is 3.72. The van der Waals surface area contributed by atoms with Crippen LogP contribution in [0.2, 0.25) is 0 Å². The minimum Gasteiger partial charge on any atom is -0.497 e. The van der Waals surface area contributed by atoms with Crippen LogP contribution in [0.15, 0.2) is 42.5 Å². The van der Waals surface area contributed by atoms with Crippen molar-refractivity contribution in [1.82, 2.24) is 0 Å². The lowest BCUT2D eigenvalue weighted by Gasteiger charge is -2.12. The van der Waals surface area contributed by atoms with Crippen molar-refractivity contribution in [3.05, 3.63) is 47.3 Å². The summed E-state index contributed by atoms with van der Waals surface area (Å²) in [5.41, 5.74) is 0.594. The van der Waals surface area contributed by atoms with Crippen LogP contribution in [0.4, 0.5) is 5.69 Å². The molecule has 0 saturated carbocycles. The van der Waals surface area contributed by atoms with Gasteiger partial charge in [-0.25, -0.2) is 0 Å². The topological polar surface area (TPSA) is 73.9 Å². The van der Waals surface area contributed by atoms with Crippen molar-refractivity contribution in [3.8, 4) is 17.2 Å². The van der Waals surface area contributed by atoms with Crippen molar-refractivity contribution in [3.63, 3.8) is 0 Å². The average Bonchev–Trinajstić information content (AvgIpc) is 3.06. The normalized spacial score (nSPS) is 10.8. The van der Waals surface area contributed by atoms with Gasteiger partial charge in [0.1, 0.15) is 16.4 Å². The molecular weight excluding hydrogens is 390 g/mol. The second kappa shape index (κ2) is 8.96. The van der Waals surface area contributed by atoms with E-state index in [0.717, 1.165) is 10.1 Å². The number of ether oxygens (including phenoxy) is 3. The van der Waals surface area contributed by atoms with Gasteiger partial charge in [-0.05, 0) is 56.3 Å². The Hall–Kier alpha value is -3.06. The number of thiophene rings is 1. The van der Waals surface area contributed by atoms with E-state index in [1.165, 1.54) is 11.3 Å². The van der Waals surface area contributed by atoms with Gasteiger partial charge in [0.05, 0.1) is 13.2 Å². The second-order valence-corrected chi connectivity index (χ2v) is 7.65. The van der Waals surface area contributed by atoms with Gasteiger partial charge in [-0.1, -0.05) is 6.92 Å². The zero-order valence-electron chi connectivity index (χ0n) is 16.8. The number of carbonyl (C=O) groups is 2. The Labute approximate surface area is 173 Å². The molecule has 6 nitrogen and oxygen atoms in total. The van der Waals surface area contributed by atoms with E-state index in [1.807, 2.05) is 32.0 Å². The van der Waals surface area contributed by atoms with Crippen molar-refractivity contribution < 1.29 is 23.8 Å². The van der Waals surface area contributed by atoms with E-state index >= 15 is 0 Å². The molecule has 1 heterocycles. The van der Waals surface area contributed by atoms with Crippen LogP contribution in [-0.4, -0.2) is 25.1 Å². The summed E-state index contributed by atoms with van der Waals surface area (Å²) < 4.78 is 17.4. The quantitative estimate of drug-likeness (QED) is 0.422. The maximum absolute atomic E-state index is 13.0. The van der Waals surface area contributed by atoms with Gasteiger partial charge in [-0.3, -0.25) is 9.59 Å². The first kappa shape index (κ1) is 20.7. The lowest BCUT2D eigenvalue weighted by atomic mass is 10.2. The Bertz CT molecular complexity index is 1020. The van der Waals surface area contributed by atoms with Gasteiger partial charge in [-0.2, -0.15) is 0 Å². The molecule has 1 amide bonds. The molecule has 2 aromatic carbocycles. The molecule has 1 aromatic heterocycles. The minimum absolute atomic E-state index is 0.0851. The third kappa shape index (κ3) is 4.86. The largest absolute Gasteiger partial charge is 0.497 e. The van der Waals surface area contributed by atoms with Crippen LogP contribution in [0.3, 0.4) is 0 Å². The van der Waals surface area contributed by atoms with Gasteiger partial charge >= 0.3 is 5.97 Å². The first-order chi connectivity index (χ1) is 13.9. The van der Waals surface area contributed by atoms with Crippen molar-refractivity contribution in [2.24, 2.45) is 0 Å². The highest BCUT2D eigenvalue weighted by Crippen LogP contribution is 2.40. The highest BCUT2D eigenvalue weighted by Gasteiger charge is 2.21. The standard InChI is InChI=1S/C22H23NO5S/c1-5-19(24)28-15-8-6-14(7-9-15)23-22(25)21-20(27-13(2)3)17-12-16(26-4)10-11-18(17)29-21/h6-13H,5H2,1-4H3,(H,23,25). The number of hydrogen-bond acceptors (Lipinski definition) is 6. The molecule has 0 atom stereocenters. The minimum atomic E-state index is -0.307. The SMILES string of the molecule is CCC(=O)Oc1ccc(NC(=O)c2sc3ccc(OC)cc3c2OC(C)C)cc1. The maximum atomic E-state index is 13.0. The first-order valence-corrected chi connectivity index (χ1v) is 10.1. The molecular formula is C22H23NO5S. The van der Waals surface area contributed by atoms with E-state index in [-0.39, 0.29) is 18.0 Å². The average molecular weight is 413 g/mol. The number of fused-ring (bicyclic) bond motifs is 1. The van der Waals surface area contributed by atoms with Crippen molar-refractivity contribution in [2.45, 2.75) is 33.3 Å². The van der Waals surface area contributed by atoms with Crippen LogP contribution in [0.5, 0.6) is 17.2 Å². The Balaban J connectivity index is 1.87. The summed E-state index contributed by atoms with van der Waals surface area (Å²) in [6.07, 6.45) is 0.214. The van der Waals surface area contributed by atoms with E-state index in [2.05, 4.69) is 5.32 Å². The fourth-order valence-corrected chi connectivity index (χ4v) is 3.69.